The maximum absolute atomic E-state index is 12.5. The van der Waals surface area contributed by atoms with Crippen LogP contribution < -0.4 is 0 Å². The summed E-state index contributed by atoms with van der Waals surface area (Å²) >= 11 is 0. The van der Waals surface area contributed by atoms with Gasteiger partial charge in [0, 0.05) is 6.04 Å². The number of hydrogen-bond donors (Lipinski definition) is 1. The molecule has 0 saturated carbocycles. The van der Waals surface area contributed by atoms with E-state index in [9.17, 15) is 21.6 Å². The molecule has 1 rings (SSSR count). The van der Waals surface area contributed by atoms with Crippen LogP contribution in [0, 0.1) is 0 Å². The number of hydrogen-bond acceptors (Lipinski definition) is 5. The Kier molecular flexibility index (Phi) is 6.32. The highest BCUT2D eigenvalue weighted by Crippen LogP contribution is 2.21. The van der Waals surface area contributed by atoms with Crippen molar-refractivity contribution < 1.29 is 26.7 Å². The minimum Gasteiger partial charge on any atom is -0.480 e. The van der Waals surface area contributed by atoms with Gasteiger partial charge in [0.25, 0.3) is 0 Å². The van der Waals surface area contributed by atoms with Gasteiger partial charge >= 0.3 is 5.97 Å². The monoisotopic (exact) mass is 363 g/mol. The Morgan fingerprint density at radius 1 is 1.09 bits per heavy atom. The molecule has 0 aromatic heterocycles. The topological polar surface area (TPSA) is 109 Å². The average Bonchev–Trinajstić information content (AvgIpc) is 2.44. The normalized spacial score (nSPS) is 12.7. The van der Waals surface area contributed by atoms with Gasteiger partial charge in [0.2, 0.25) is 10.0 Å². The quantitative estimate of drug-likeness (QED) is 0.747. The highest BCUT2D eigenvalue weighted by molar-refractivity contribution is 7.91. The fourth-order valence-electron chi connectivity index (χ4n) is 2.02. The SMILES string of the molecule is CCCS(=O)(=O)c1ccc(S(=O)(=O)N(CC(=O)O)C(C)C)cc1. The first kappa shape index (κ1) is 19.6. The highest BCUT2D eigenvalue weighted by atomic mass is 32.2. The van der Waals surface area contributed by atoms with Crippen molar-refractivity contribution in [2.75, 3.05) is 12.3 Å². The van der Waals surface area contributed by atoms with Crippen LogP contribution in [0.25, 0.3) is 0 Å². The summed E-state index contributed by atoms with van der Waals surface area (Å²) in [4.78, 5) is 10.8. The predicted octanol–water partition coefficient (Wildman–Crippen LogP) is 1.35. The number of carboxylic acids is 1. The number of carboxylic acid groups (broad SMARTS) is 1. The van der Waals surface area contributed by atoms with Crippen molar-refractivity contribution in [1.29, 1.82) is 0 Å². The molecule has 0 heterocycles. The summed E-state index contributed by atoms with van der Waals surface area (Å²) in [5, 5.41) is 8.87. The van der Waals surface area contributed by atoms with Crippen LogP contribution in [0.1, 0.15) is 27.2 Å². The zero-order valence-corrected chi connectivity index (χ0v) is 14.9. The third kappa shape index (κ3) is 4.76. The molecule has 0 radical (unpaired) electrons. The maximum Gasteiger partial charge on any atom is 0.318 e. The van der Waals surface area contributed by atoms with Gasteiger partial charge in [0.1, 0.15) is 6.54 Å². The van der Waals surface area contributed by atoms with E-state index in [-0.39, 0.29) is 15.5 Å². The van der Waals surface area contributed by atoms with Crippen LogP contribution in [0.5, 0.6) is 0 Å². The van der Waals surface area contributed by atoms with Crippen molar-refractivity contribution in [1.82, 2.24) is 4.31 Å². The molecular weight excluding hydrogens is 342 g/mol. The molecule has 0 amide bonds. The van der Waals surface area contributed by atoms with Gasteiger partial charge in [-0.25, -0.2) is 16.8 Å². The number of benzene rings is 1. The largest absolute Gasteiger partial charge is 0.480 e. The summed E-state index contributed by atoms with van der Waals surface area (Å²) in [6.45, 7) is 4.22. The van der Waals surface area contributed by atoms with Crippen molar-refractivity contribution in [3.8, 4) is 0 Å². The van der Waals surface area contributed by atoms with E-state index < -0.39 is 38.4 Å². The van der Waals surface area contributed by atoms with Crippen LogP contribution in [0.4, 0.5) is 0 Å². The molecule has 1 aromatic rings. The number of rotatable bonds is 8. The summed E-state index contributed by atoms with van der Waals surface area (Å²) in [6, 6.07) is 4.30. The Hall–Kier alpha value is -1.45. The minimum absolute atomic E-state index is 0.0176. The standard InChI is InChI=1S/C14H21NO6S2/c1-4-9-22(18,19)12-5-7-13(8-6-12)23(20,21)15(11(2)3)10-14(16)17/h5-8,11H,4,9-10H2,1-3H3,(H,16,17). The van der Waals surface area contributed by atoms with Gasteiger partial charge in [0.05, 0.1) is 15.5 Å². The second kappa shape index (κ2) is 7.41. The summed E-state index contributed by atoms with van der Waals surface area (Å²) in [7, 11) is -7.44. The number of carbonyl (C=O) groups is 1. The zero-order valence-electron chi connectivity index (χ0n) is 13.3. The fraction of sp³-hybridized carbons (Fsp3) is 0.500. The molecule has 0 aliphatic rings. The van der Waals surface area contributed by atoms with Crippen molar-refractivity contribution >= 4 is 25.8 Å². The molecule has 0 spiro atoms. The van der Waals surface area contributed by atoms with Gasteiger partial charge in [-0.05, 0) is 44.5 Å². The first-order valence-corrected chi connectivity index (χ1v) is 10.2. The molecule has 0 unspecified atom stereocenters. The molecule has 0 saturated heterocycles. The van der Waals surface area contributed by atoms with Crippen molar-refractivity contribution in [3.05, 3.63) is 24.3 Å². The molecule has 9 heteroatoms. The Bertz CT molecular complexity index is 751. The van der Waals surface area contributed by atoms with Crippen molar-refractivity contribution in [2.24, 2.45) is 0 Å². The van der Waals surface area contributed by atoms with Crippen LogP contribution >= 0.6 is 0 Å². The highest BCUT2D eigenvalue weighted by Gasteiger charge is 2.29. The van der Waals surface area contributed by atoms with E-state index >= 15 is 0 Å². The summed E-state index contributed by atoms with van der Waals surface area (Å²) in [6.07, 6.45) is 0.460. The summed E-state index contributed by atoms with van der Waals surface area (Å²) in [5.74, 6) is -1.28. The van der Waals surface area contributed by atoms with Crippen molar-refractivity contribution in [3.63, 3.8) is 0 Å². The smallest absolute Gasteiger partial charge is 0.318 e. The number of sulfone groups is 1. The maximum atomic E-state index is 12.5. The Balaban J connectivity index is 3.22. The summed E-state index contributed by atoms with van der Waals surface area (Å²) < 4.78 is 49.8. The van der Waals surface area contributed by atoms with Crippen LogP contribution in [-0.4, -0.2) is 50.6 Å². The molecule has 0 aliphatic carbocycles. The molecule has 1 aromatic carbocycles. The van der Waals surface area contributed by atoms with E-state index in [1.165, 1.54) is 24.3 Å². The van der Waals surface area contributed by atoms with Gasteiger partial charge in [-0.15, -0.1) is 0 Å². The van der Waals surface area contributed by atoms with Crippen LogP contribution in [-0.2, 0) is 24.7 Å². The second-order valence-corrected chi connectivity index (χ2v) is 9.33. The van der Waals surface area contributed by atoms with E-state index in [2.05, 4.69) is 0 Å². The van der Waals surface area contributed by atoms with Gasteiger partial charge in [-0.1, -0.05) is 6.92 Å². The number of aliphatic carboxylic acids is 1. The Morgan fingerprint density at radius 2 is 1.57 bits per heavy atom. The van der Waals surface area contributed by atoms with E-state index in [0.29, 0.717) is 6.42 Å². The van der Waals surface area contributed by atoms with Gasteiger partial charge in [-0.3, -0.25) is 4.79 Å². The van der Waals surface area contributed by atoms with Crippen LogP contribution in [0.3, 0.4) is 0 Å². The molecule has 0 aliphatic heterocycles. The molecule has 7 nitrogen and oxygen atoms in total. The lowest BCUT2D eigenvalue weighted by Crippen LogP contribution is -2.40. The first-order valence-electron chi connectivity index (χ1n) is 7.09. The van der Waals surface area contributed by atoms with E-state index in [1.54, 1.807) is 20.8 Å². The van der Waals surface area contributed by atoms with Gasteiger partial charge in [0.15, 0.2) is 9.84 Å². The molecule has 0 fully saturated rings. The van der Waals surface area contributed by atoms with Crippen LogP contribution in [0.15, 0.2) is 34.1 Å². The molecule has 1 N–H and O–H groups in total. The fourth-order valence-corrected chi connectivity index (χ4v) is 4.93. The molecule has 23 heavy (non-hydrogen) atoms. The van der Waals surface area contributed by atoms with E-state index in [0.717, 1.165) is 4.31 Å². The molecule has 0 bridgehead atoms. The molecular formula is C14H21NO6S2. The average molecular weight is 363 g/mol. The molecule has 130 valence electrons. The minimum atomic E-state index is -4.01. The third-order valence-electron chi connectivity index (χ3n) is 3.13. The molecule has 0 atom stereocenters. The number of sulfonamides is 1. The lowest BCUT2D eigenvalue weighted by molar-refractivity contribution is -0.137. The lowest BCUT2D eigenvalue weighted by Gasteiger charge is -2.24. The Morgan fingerprint density at radius 3 is 1.96 bits per heavy atom. The van der Waals surface area contributed by atoms with Gasteiger partial charge < -0.3 is 5.11 Å². The predicted molar refractivity (Wildman–Crippen MR) is 85.4 cm³/mol. The van der Waals surface area contributed by atoms with E-state index in [4.69, 9.17) is 5.11 Å². The Labute approximate surface area is 136 Å². The van der Waals surface area contributed by atoms with Crippen LogP contribution in [0.2, 0.25) is 0 Å². The van der Waals surface area contributed by atoms with E-state index in [1.807, 2.05) is 0 Å². The zero-order chi connectivity index (χ0) is 17.8. The second-order valence-electron chi connectivity index (χ2n) is 5.33. The lowest BCUT2D eigenvalue weighted by atomic mass is 10.4. The van der Waals surface area contributed by atoms with Crippen molar-refractivity contribution in [2.45, 2.75) is 43.0 Å². The number of nitrogens with zero attached hydrogens (tertiary/aromatic N) is 1. The first-order chi connectivity index (χ1) is 10.5. The summed E-state index contributed by atoms with van der Waals surface area (Å²) in [5.41, 5.74) is 0. The van der Waals surface area contributed by atoms with Gasteiger partial charge in [-0.2, -0.15) is 4.31 Å². The third-order valence-corrected chi connectivity index (χ3v) is 7.10.